The van der Waals surface area contributed by atoms with Gasteiger partial charge in [0.25, 0.3) is 0 Å². The molecule has 0 saturated heterocycles. The van der Waals surface area contributed by atoms with Gasteiger partial charge in [0.1, 0.15) is 0 Å². The van der Waals surface area contributed by atoms with Crippen LogP contribution >= 0.6 is 11.6 Å². The smallest absolute Gasteiger partial charge is 0.302 e. The van der Waals surface area contributed by atoms with Gasteiger partial charge < -0.3 is 15.0 Å². The van der Waals surface area contributed by atoms with Crippen molar-refractivity contribution in [2.24, 2.45) is 5.92 Å². The summed E-state index contributed by atoms with van der Waals surface area (Å²) in [6.07, 6.45) is 3.01. The third-order valence-electron chi connectivity index (χ3n) is 3.55. The maximum atomic E-state index is 11.9. The predicted octanol–water partition coefficient (Wildman–Crippen LogP) is 3.07. The number of rotatable bonds is 7. The molecule has 0 saturated carbocycles. The Balaban J connectivity index is 1.78. The molecule has 0 bridgehead atoms. The lowest BCUT2D eigenvalue weighted by Gasteiger charge is -2.11. The second-order valence-electron chi connectivity index (χ2n) is 5.72. The first-order valence-electron chi connectivity index (χ1n) is 7.61. The van der Waals surface area contributed by atoms with E-state index in [1.54, 1.807) is 0 Å². The lowest BCUT2D eigenvalue weighted by Crippen LogP contribution is -2.28. The van der Waals surface area contributed by atoms with Gasteiger partial charge in [0.15, 0.2) is 0 Å². The molecule has 1 aromatic carbocycles. The lowest BCUT2D eigenvalue weighted by molar-refractivity contribution is -0.143. The first-order valence-corrected chi connectivity index (χ1v) is 7.99. The number of amides is 1. The fourth-order valence-corrected chi connectivity index (χ4v) is 2.57. The molecule has 6 heteroatoms. The van der Waals surface area contributed by atoms with Crippen molar-refractivity contribution in [2.75, 3.05) is 13.2 Å². The summed E-state index contributed by atoms with van der Waals surface area (Å²) in [6, 6.07) is 5.71. The average molecular weight is 337 g/mol. The van der Waals surface area contributed by atoms with Gasteiger partial charge >= 0.3 is 5.97 Å². The number of fused-ring (bicyclic) bond motifs is 1. The summed E-state index contributed by atoms with van der Waals surface area (Å²) in [7, 11) is 0. The summed E-state index contributed by atoms with van der Waals surface area (Å²) >= 11 is 6.02. The number of halogens is 1. The van der Waals surface area contributed by atoms with Gasteiger partial charge in [-0.05, 0) is 36.1 Å². The molecule has 0 spiro atoms. The van der Waals surface area contributed by atoms with Crippen molar-refractivity contribution >= 4 is 34.4 Å². The van der Waals surface area contributed by atoms with Crippen LogP contribution in [0.4, 0.5) is 0 Å². The molecule has 1 atom stereocenters. The van der Waals surface area contributed by atoms with E-state index in [9.17, 15) is 9.59 Å². The summed E-state index contributed by atoms with van der Waals surface area (Å²) in [5.74, 6) is -0.358. The molecular weight excluding hydrogens is 316 g/mol. The number of hydrogen-bond donors (Lipinski definition) is 2. The van der Waals surface area contributed by atoms with Crippen LogP contribution in [0.2, 0.25) is 5.02 Å². The maximum absolute atomic E-state index is 11.9. The Labute approximate surface area is 140 Å². The molecule has 0 radical (unpaired) electrons. The fraction of sp³-hybridized carbons (Fsp3) is 0.412. The summed E-state index contributed by atoms with van der Waals surface area (Å²) < 4.78 is 4.89. The monoisotopic (exact) mass is 336 g/mol. The third-order valence-corrected chi connectivity index (χ3v) is 3.79. The van der Waals surface area contributed by atoms with E-state index in [1.807, 2.05) is 31.3 Å². The highest BCUT2D eigenvalue weighted by Crippen LogP contribution is 2.22. The fourth-order valence-electron chi connectivity index (χ4n) is 2.40. The predicted molar refractivity (Wildman–Crippen MR) is 90.4 cm³/mol. The van der Waals surface area contributed by atoms with Crippen molar-refractivity contribution < 1.29 is 14.3 Å². The number of hydrogen-bond acceptors (Lipinski definition) is 3. The molecule has 0 aliphatic carbocycles. The minimum atomic E-state index is -0.324. The maximum Gasteiger partial charge on any atom is 0.302 e. The van der Waals surface area contributed by atoms with Gasteiger partial charge in [0.05, 0.1) is 6.61 Å². The first-order chi connectivity index (χ1) is 11.0. The molecule has 124 valence electrons. The number of carbonyl (C=O) groups is 2. The second-order valence-corrected chi connectivity index (χ2v) is 6.15. The van der Waals surface area contributed by atoms with Gasteiger partial charge in [-0.3, -0.25) is 9.59 Å². The van der Waals surface area contributed by atoms with Crippen LogP contribution in [0.5, 0.6) is 0 Å². The van der Waals surface area contributed by atoms with Gasteiger partial charge in [-0.1, -0.05) is 18.5 Å². The quantitative estimate of drug-likeness (QED) is 0.763. The number of aromatic amines is 1. The SMILES string of the molecule is CC(=O)OCC(C)CC(=O)NCCc1c[nH]c2ccc(Cl)cc12. The topological polar surface area (TPSA) is 71.2 Å². The Morgan fingerprint density at radius 2 is 2.17 bits per heavy atom. The van der Waals surface area contributed by atoms with Crippen molar-refractivity contribution in [1.82, 2.24) is 10.3 Å². The van der Waals surface area contributed by atoms with Gasteiger partial charge in [0.2, 0.25) is 5.91 Å². The minimum Gasteiger partial charge on any atom is -0.466 e. The van der Waals surface area contributed by atoms with Crippen LogP contribution in [0.25, 0.3) is 10.9 Å². The minimum absolute atomic E-state index is 0.00537. The van der Waals surface area contributed by atoms with E-state index in [1.165, 1.54) is 6.92 Å². The highest BCUT2D eigenvalue weighted by atomic mass is 35.5. The molecule has 1 amide bonds. The zero-order valence-corrected chi connectivity index (χ0v) is 14.1. The van der Waals surface area contributed by atoms with Crippen LogP contribution in [0.3, 0.4) is 0 Å². The van der Waals surface area contributed by atoms with E-state index in [-0.39, 0.29) is 24.4 Å². The second kappa shape index (κ2) is 8.02. The van der Waals surface area contributed by atoms with Gasteiger partial charge in [-0.2, -0.15) is 0 Å². The zero-order valence-electron chi connectivity index (χ0n) is 13.3. The Bertz CT molecular complexity index is 696. The standard InChI is InChI=1S/C17H21ClN2O3/c1-11(10-23-12(2)21)7-17(22)19-6-5-13-9-20-16-4-3-14(18)8-15(13)16/h3-4,8-9,11,20H,5-7,10H2,1-2H3,(H,19,22). The van der Waals surface area contributed by atoms with Crippen molar-refractivity contribution in [3.63, 3.8) is 0 Å². The number of esters is 1. The van der Waals surface area contributed by atoms with Gasteiger partial charge in [-0.15, -0.1) is 0 Å². The van der Waals surface area contributed by atoms with Crippen LogP contribution in [0.1, 0.15) is 25.8 Å². The molecule has 1 aromatic heterocycles. The molecule has 0 fully saturated rings. The van der Waals surface area contributed by atoms with Crippen LogP contribution in [-0.4, -0.2) is 30.0 Å². The third kappa shape index (κ3) is 5.28. The van der Waals surface area contributed by atoms with Crippen LogP contribution < -0.4 is 5.32 Å². The molecule has 23 heavy (non-hydrogen) atoms. The molecule has 0 aliphatic rings. The molecule has 1 unspecified atom stereocenters. The average Bonchev–Trinajstić information content (AvgIpc) is 2.87. The number of nitrogens with one attached hydrogen (secondary N) is 2. The largest absolute Gasteiger partial charge is 0.466 e. The van der Waals surface area contributed by atoms with E-state index in [4.69, 9.17) is 16.3 Å². The van der Waals surface area contributed by atoms with E-state index in [0.717, 1.165) is 22.9 Å². The molecule has 2 N–H and O–H groups in total. The van der Waals surface area contributed by atoms with Gasteiger partial charge in [-0.25, -0.2) is 0 Å². The number of aromatic nitrogens is 1. The molecule has 0 aliphatic heterocycles. The Morgan fingerprint density at radius 1 is 1.39 bits per heavy atom. The molecule has 2 rings (SSSR count). The van der Waals surface area contributed by atoms with Crippen molar-refractivity contribution in [1.29, 1.82) is 0 Å². The van der Waals surface area contributed by atoms with Crippen LogP contribution in [0, 0.1) is 5.92 Å². The van der Waals surface area contributed by atoms with Crippen molar-refractivity contribution in [2.45, 2.75) is 26.7 Å². The number of carbonyl (C=O) groups excluding carboxylic acids is 2. The molecule has 2 aromatic rings. The van der Waals surface area contributed by atoms with Crippen LogP contribution in [-0.2, 0) is 20.7 Å². The summed E-state index contributed by atoms with van der Waals surface area (Å²) in [4.78, 5) is 25.8. The first kappa shape index (κ1) is 17.3. The Kier molecular flexibility index (Phi) is 6.04. The van der Waals surface area contributed by atoms with E-state index >= 15 is 0 Å². The van der Waals surface area contributed by atoms with E-state index in [2.05, 4.69) is 10.3 Å². The molecule has 1 heterocycles. The summed E-state index contributed by atoms with van der Waals surface area (Å²) in [5.41, 5.74) is 2.15. The Hall–Kier alpha value is -2.01. The summed E-state index contributed by atoms with van der Waals surface area (Å²) in [6.45, 7) is 4.06. The van der Waals surface area contributed by atoms with Gasteiger partial charge in [0, 0.05) is 42.0 Å². The van der Waals surface area contributed by atoms with E-state index in [0.29, 0.717) is 18.0 Å². The zero-order chi connectivity index (χ0) is 16.8. The van der Waals surface area contributed by atoms with Crippen LogP contribution in [0.15, 0.2) is 24.4 Å². The molecular formula is C17H21ClN2O3. The Morgan fingerprint density at radius 3 is 2.91 bits per heavy atom. The molecule has 5 nitrogen and oxygen atoms in total. The number of benzene rings is 1. The number of H-pyrrole nitrogens is 1. The normalized spacial score (nSPS) is 12.1. The van der Waals surface area contributed by atoms with Crippen molar-refractivity contribution in [3.8, 4) is 0 Å². The van der Waals surface area contributed by atoms with Crippen molar-refractivity contribution in [3.05, 3.63) is 35.0 Å². The highest BCUT2D eigenvalue weighted by molar-refractivity contribution is 6.31. The number of ether oxygens (including phenoxy) is 1. The highest BCUT2D eigenvalue weighted by Gasteiger charge is 2.11. The lowest BCUT2D eigenvalue weighted by atomic mass is 10.1. The summed E-state index contributed by atoms with van der Waals surface area (Å²) in [5, 5.41) is 4.67. The van der Waals surface area contributed by atoms with E-state index < -0.39 is 0 Å².